The Morgan fingerprint density at radius 3 is 2.52 bits per heavy atom. The third kappa shape index (κ3) is 1.94. The summed E-state index contributed by atoms with van der Waals surface area (Å²) in [5, 5.41) is 3.88. The molecule has 0 atom stereocenters. The highest BCUT2D eigenvalue weighted by atomic mass is 32.1. The molecule has 1 aromatic carbocycles. The molecular formula is C17H17N3O2S. The van der Waals surface area contributed by atoms with E-state index in [-0.39, 0.29) is 18.5 Å². The molecule has 0 radical (unpaired) electrons. The van der Waals surface area contributed by atoms with Crippen molar-refractivity contribution in [1.82, 2.24) is 15.2 Å². The summed E-state index contributed by atoms with van der Waals surface area (Å²) in [5.41, 5.74) is 0.323. The van der Waals surface area contributed by atoms with Gasteiger partial charge in [0.1, 0.15) is 10.5 Å². The van der Waals surface area contributed by atoms with Crippen LogP contribution >= 0.6 is 11.3 Å². The van der Waals surface area contributed by atoms with Gasteiger partial charge in [0.2, 0.25) is 0 Å². The summed E-state index contributed by atoms with van der Waals surface area (Å²) in [6.07, 6.45) is 4.21. The number of imide groups is 1. The molecule has 0 spiro atoms. The van der Waals surface area contributed by atoms with E-state index < -0.39 is 5.54 Å². The smallest absolute Gasteiger partial charge is 0.323 e. The maximum atomic E-state index is 13.0. The van der Waals surface area contributed by atoms with Crippen LogP contribution in [-0.2, 0) is 11.3 Å². The van der Waals surface area contributed by atoms with E-state index in [9.17, 15) is 9.59 Å². The van der Waals surface area contributed by atoms with Gasteiger partial charge in [0.25, 0.3) is 5.91 Å². The number of rotatable bonds is 4. The number of hydrogen-bond donors (Lipinski definition) is 1. The molecule has 1 saturated heterocycles. The second kappa shape index (κ2) is 4.54. The first-order valence-corrected chi connectivity index (χ1v) is 8.98. The largest absolute Gasteiger partial charge is 0.325 e. The number of benzene rings is 1. The van der Waals surface area contributed by atoms with Gasteiger partial charge in [-0.2, -0.15) is 0 Å². The number of para-hydroxylation sites is 1. The van der Waals surface area contributed by atoms with Crippen molar-refractivity contribution in [2.45, 2.75) is 37.8 Å². The topological polar surface area (TPSA) is 62.3 Å². The molecule has 5 rings (SSSR count). The van der Waals surface area contributed by atoms with Crippen LogP contribution in [0.25, 0.3) is 10.2 Å². The Bertz CT molecular complexity index is 777. The molecule has 2 aliphatic carbocycles. The van der Waals surface area contributed by atoms with Crippen LogP contribution < -0.4 is 5.32 Å². The van der Waals surface area contributed by atoms with E-state index in [1.807, 2.05) is 24.3 Å². The van der Waals surface area contributed by atoms with Gasteiger partial charge in [0.15, 0.2) is 0 Å². The fraction of sp³-hybridized carbons (Fsp3) is 0.471. The van der Waals surface area contributed by atoms with Crippen LogP contribution in [0.2, 0.25) is 0 Å². The average Bonchev–Trinajstić information content (AvgIpc) is 3.45. The number of carbonyl (C=O) groups excluding carboxylic acids is 2. The molecule has 1 aromatic heterocycles. The summed E-state index contributed by atoms with van der Waals surface area (Å²) >= 11 is 1.55. The highest BCUT2D eigenvalue weighted by molar-refractivity contribution is 7.18. The molecule has 2 aromatic rings. The quantitative estimate of drug-likeness (QED) is 0.878. The van der Waals surface area contributed by atoms with E-state index in [0.29, 0.717) is 11.8 Å². The minimum absolute atomic E-state index is 0.0215. The Morgan fingerprint density at radius 1 is 1.17 bits per heavy atom. The van der Waals surface area contributed by atoms with Gasteiger partial charge in [0, 0.05) is 0 Å². The zero-order valence-electron chi connectivity index (χ0n) is 12.6. The SMILES string of the molecule is O=C1NC(C2CC2)(C2CC2)C(=O)N1Cc1nc2ccccc2s1. The first-order chi connectivity index (χ1) is 11.2. The lowest BCUT2D eigenvalue weighted by atomic mass is 9.87. The van der Waals surface area contributed by atoms with Crippen molar-refractivity contribution in [2.75, 3.05) is 0 Å². The fourth-order valence-electron chi connectivity index (χ4n) is 3.84. The summed E-state index contributed by atoms with van der Waals surface area (Å²) in [5.74, 6) is 0.658. The standard InChI is InChI=1S/C17H17N3O2S/c21-15-17(10-5-6-10,11-7-8-11)19-16(22)20(15)9-14-18-12-3-1-2-4-13(12)23-14/h1-4,10-11H,5-9H2,(H,19,22). The summed E-state index contributed by atoms with van der Waals surface area (Å²) in [6, 6.07) is 7.66. The highest BCUT2D eigenvalue weighted by Gasteiger charge is 2.65. The van der Waals surface area contributed by atoms with Gasteiger partial charge in [-0.05, 0) is 49.7 Å². The molecule has 3 fully saturated rings. The number of carbonyl (C=O) groups is 2. The first kappa shape index (κ1) is 13.5. The number of nitrogens with one attached hydrogen (secondary N) is 1. The minimum Gasteiger partial charge on any atom is -0.323 e. The van der Waals surface area contributed by atoms with Crippen molar-refractivity contribution >= 4 is 33.5 Å². The number of fused-ring (bicyclic) bond motifs is 1. The van der Waals surface area contributed by atoms with Crippen LogP contribution in [0.4, 0.5) is 4.79 Å². The molecule has 0 bridgehead atoms. The molecule has 2 saturated carbocycles. The molecule has 23 heavy (non-hydrogen) atoms. The third-order valence-corrected chi connectivity index (χ3v) is 6.25. The predicted octanol–water partition coefficient (Wildman–Crippen LogP) is 2.91. The van der Waals surface area contributed by atoms with Crippen LogP contribution in [0.5, 0.6) is 0 Å². The lowest BCUT2D eigenvalue weighted by molar-refractivity contribution is -0.133. The van der Waals surface area contributed by atoms with Gasteiger partial charge in [-0.1, -0.05) is 12.1 Å². The Labute approximate surface area is 137 Å². The number of hydrogen-bond acceptors (Lipinski definition) is 4. The molecule has 1 aliphatic heterocycles. The molecule has 0 unspecified atom stereocenters. The molecule has 6 heteroatoms. The van der Waals surface area contributed by atoms with Crippen LogP contribution in [0.15, 0.2) is 24.3 Å². The van der Waals surface area contributed by atoms with Crippen molar-refractivity contribution < 1.29 is 9.59 Å². The normalized spacial score (nSPS) is 23.6. The van der Waals surface area contributed by atoms with Crippen molar-refractivity contribution in [1.29, 1.82) is 0 Å². The molecule has 3 amide bonds. The number of nitrogens with zero attached hydrogens (tertiary/aromatic N) is 2. The van der Waals surface area contributed by atoms with E-state index in [0.717, 1.165) is 40.9 Å². The van der Waals surface area contributed by atoms with Gasteiger partial charge in [-0.3, -0.25) is 9.69 Å². The number of urea groups is 1. The van der Waals surface area contributed by atoms with Gasteiger partial charge in [-0.15, -0.1) is 11.3 Å². The second-order valence-electron chi connectivity index (χ2n) is 6.81. The molecule has 5 nitrogen and oxygen atoms in total. The predicted molar refractivity (Wildman–Crippen MR) is 86.9 cm³/mol. The van der Waals surface area contributed by atoms with E-state index in [2.05, 4.69) is 10.3 Å². The van der Waals surface area contributed by atoms with Gasteiger partial charge >= 0.3 is 6.03 Å². The maximum absolute atomic E-state index is 13.0. The fourth-order valence-corrected chi connectivity index (χ4v) is 4.80. The zero-order chi connectivity index (χ0) is 15.6. The molecule has 118 valence electrons. The monoisotopic (exact) mass is 327 g/mol. The lowest BCUT2D eigenvalue weighted by Gasteiger charge is -2.26. The van der Waals surface area contributed by atoms with E-state index in [1.54, 1.807) is 11.3 Å². The van der Waals surface area contributed by atoms with Crippen molar-refractivity contribution in [3.05, 3.63) is 29.3 Å². The van der Waals surface area contributed by atoms with Gasteiger partial charge in [-0.25, -0.2) is 9.78 Å². The lowest BCUT2D eigenvalue weighted by Crippen LogP contribution is -2.51. The number of amides is 3. The molecular weight excluding hydrogens is 310 g/mol. The summed E-state index contributed by atoms with van der Waals surface area (Å²) in [6.45, 7) is 0.283. The maximum Gasteiger partial charge on any atom is 0.325 e. The van der Waals surface area contributed by atoms with E-state index >= 15 is 0 Å². The first-order valence-electron chi connectivity index (χ1n) is 8.17. The van der Waals surface area contributed by atoms with Gasteiger partial charge < -0.3 is 5.32 Å². The van der Waals surface area contributed by atoms with Crippen molar-refractivity contribution in [2.24, 2.45) is 11.8 Å². The van der Waals surface area contributed by atoms with Crippen LogP contribution in [0.1, 0.15) is 30.7 Å². The Morgan fingerprint density at radius 2 is 1.87 bits per heavy atom. The summed E-state index contributed by atoms with van der Waals surface area (Å²) in [4.78, 5) is 31.4. The number of aromatic nitrogens is 1. The highest BCUT2D eigenvalue weighted by Crippen LogP contribution is 2.54. The van der Waals surface area contributed by atoms with Gasteiger partial charge in [0.05, 0.1) is 16.8 Å². The van der Waals surface area contributed by atoms with Crippen LogP contribution in [-0.4, -0.2) is 27.4 Å². The van der Waals surface area contributed by atoms with E-state index in [1.165, 1.54) is 4.90 Å². The minimum atomic E-state index is -0.603. The second-order valence-corrected chi connectivity index (χ2v) is 7.93. The van der Waals surface area contributed by atoms with E-state index in [4.69, 9.17) is 0 Å². The molecule has 3 aliphatic rings. The number of thiazole rings is 1. The van der Waals surface area contributed by atoms with Crippen molar-refractivity contribution in [3.63, 3.8) is 0 Å². The van der Waals surface area contributed by atoms with Crippen molar-refractivity contribution in [3.8, 4) is 0 Å². The summed E-state index contributed by atoms with van der Waals surface area (Å²) in [7, 11) is 0. The molecule has 1 N–H and O–H groups in total. The Balaban J connectivity index is 1.46. The Hall–Kier alpha value is -1.95. The van der Waals surface area contributed by atoms with Crippen LogP contribution in [0.3, 0.4) is 0 Å². The Kier molecular flexibility index (Phi) is 2.66. The molecule has 2 heterocycles. The zero-order valence-corrected chi connectivity index (χ0v) is 13.4. The average molecular weight is 327 g/mol. The summed E-state index contributed by atoms with van der Waals surface area (Å²) < 4.78 is 1.09. The third-order valence-electron chi connectivity index (χ3n) is 5.23. The van der Waals surface area contributed by atoms with Crippen LogP contribution in [0, 0.1) is 11.8 Å².